The van der Waals surface area contributed by atoms with E-state index in [1.54, 1.807) is 7.05 Å². The standard InChI is InChI=1S/C11H15F2NO/c1-7-4-5-8(10(13)9(7)12)11(2,15)6-14-3/h4-5,14-15H,6H2,1-3H3. The fourth-order valence-electron chi connectivity index (χ4n) is 1.50. The third-order valence-electron chi connectivity index (χ3n) is 2.38. The van der Waals surface area contributed by atoms with Crippen molar-refractivity contribution in [3.63, 3.8) is 0 Å². The van der Waals surface area contributed by atoms with Crippen molar-refractivity contribution in [1.29, 1.82) is 0 Å². The Labute approximate surface area is 87.9 Å². The molecule has 2 nitrogen and oxygen atoms in total. The summed E-state index contributed by atoms with van der Waals surface area (Å²) < 4.78 is 26.8. The predicted octanol–water partition coefficient (Wildman–Crippen LogP) is 1.70. The van der Waals surface area contributed by atoms with Crippen molar-refractivity contribution >= 4 is 0 Å². The van der Waals surface area contributed by atoms with E-state index in [2.05, 4.69) is 5.32 Å². The van der Waals surface area contributed by atoms with Gasteiger partial charge in [0.2, 0.25) is 0 Å². The summed E-state index contributed by atoms with van der Waals surface area (Å²) >= 11 is 0. The molecule has 1 aromatic rings. The Kier molecular flexibility index (Phi) is 3.42. The summed E-state index contributed by atoms with van der Waals surface area (Å²) in [7, 11) is 1.64. The minimum atomic E-state index is -1.41. The highest BCUT2D eigenvalue weighted by atomic mass is 19.2. The SMILES string of the molecule is CNCC(C)(O)c1ccc(C)c(F)c1F. The number of aliphatic hydroxyl groups is 1. The third kappa shape index (κ3) is 2.33. The fourth-order valence-corrected chi connectivity index (χ4v) is 1.50. The van der Waals surface area contributed by atoms with Gasteiger partial charge < -0.3 is 10.4 Å². The highest BCUT2D eigenvalue weighted by Crippen LogP contribution is 2.25. The second kappa shape index (κ2) is 4.24. The second-order valence-corrected chi connectivity index (χ2v) is 3.86. The van der Waals surface area contributed by atoms with E-state index in [-0.39, 0.29) is 17.7 Å². The van der Waals surface area contributed by atoms with Crippen LogP contribution >= 0.6 is 0 Å². The average molecular weight is 215 g/mol. The Morgan fingerprint density at radius 2 is 1.93 bits per heavy atom. The quantitative estimate of drug-likeness (QED) is 0.804. The zero-order valence-corrected chi connectivity index (χ0v) is 9.06. The van der Waals surface area contributed by atoms with Gasteiger partial charge in [-0.25, -0.2) is 8.78 Å². The highest BCUT2D eigenvalue weighted by Gasteiger charge is 2.27. The van der Waals surface area contributed by atoms with Crippen LogP contribution in [0.3, 0.4) is 0 Å². The predicted molar refractivity (Wildman–Crippen MR) is 54.6 cm³/mol. The summed E-state index contributed by atoms with van der Waals surface area (Å²) in [6.45, 7) is 3.08. The Hall–Kier alpha value is -1.00. The lowest BCUT2D eigenvalue weighted by atomic mass is 9.94. The van der Waals surface area contributed by atoms with E-state index in [4.69, 9.17) is 0 Å². The minimum Gasteiger partial charge on any atom is -0.384 e. The van der Waals surface area contributed by atoms with Crippen molar-refractivity contribution in [2.45, 2.75) is 19.4 Å². The number of benzene rings is 1. The third-order valence-corrected chi connectivity index (χ3v) is 2.38. The van der Waals surface area contributed by atoms with Gasteiger partial charge in [-0.05, 0) is 26.5 Å². The first-order valence-electron chi connectivity index (χ1n) is 4.72. The maximum absolute atomic E-state index is 13.5. The van der Waals surface area contributed by atoms with Crippen LogP contribution in [0.2, 0.25) is 0 Å². The van der Waals surface area contributed by atoms with Crippen molar-refractivity contribution in [3.05, 3.63) is 34.9 Å². The smallest absolute Gasteiger partial charge is 0.165 e. The summed E-state index contributed by atoms with van der Waals surface area (Å²) in [6, 6.07) is 2.86. The van der Waals surface area contributed by atoms with Crippen LogP contribution in [0.5, 0.6) is 0 Å². The molecule has 0 aliphatic rings. The van der Waals surface area contributed by atoms with Gasteiger partial charge in [-0.15, -0.1) is 0 Å². The van der Waals surface area contributed by atoms with E-state index in [1.807, 2.05) is 0 Å². The van der Waals surface area contributed by atoms with Crippen LogP contribution in [0.25, 0.3) is 0 Å². The summed E-state index contributed by atoms with van der Waals surface area (Å²) in [5, 5.41) is 12.6. The number of hydrogen-bond donors (Lipinski definition) is 2. The van der Waals surface area contributed by atoms with Gasteiger partial charge in [0.15, 0.2) is 11.6 Å². The zero-order chi connectivity index (χ0) is 11.6. The van der Waals surface area contributed by atoms with E-state index in [0.29, 0.717) is 0 Å². The molecule has 0 aromatic heterocycles. The van der Waals surface area contributed by atoms with Crippen molar-refractivity contribution in [2.75, 3.05) is 13.6 Å². The average Bonchev–Trinajstić information content (AvgIpc) is 2.13. The molecular formula is C11H15F2NO. The molecule has 0 heterocycles. The van der Waals surface area contributed by atoms with Crippen molar-refractivity contribution in [2.24, 2.45) is 0 Å². The van der Waals surface area contributed by atoms with Crippen molar-refractivity contribution in [1.82, 2.24) is 5.32 Å². The molecule has 1 unspecified atom stereocenters. The van der Waals surface area contributed by atoms with Crippen LogP contribution in [-0.4, -0.2) is 18.7 Å². The molecule has 1 rings (SSSR count). The monoisotopic (exact) mass is 215 g/mol. The number of hydrogen-bond acceptors (Lipinski definition) is 2. The van der Waals surface area contributed by atoms with E-state index < -0.39 is 17.2 Å². The van der Waals surface area contributed by atoms with Crippen molar-refractivity contribution in [3.8, 4) is 0 Å². The second-order valence-electron chi connectivity index (χ2n) is 3.86. The van der Waals surface area contributed by atoms with Gasteiger partial charge in [0.25, 0.3) is 0 Å². The first kappa shape index (κ1) is 12.1. The molecule has 0 radical (unpaired) electrons. The van der Waals surface area contributed by atoms with Crippen LogP contribution in [0.1, 0.15) is 18.1 Å². The van der Waals surface area contributed by atoms with Crippen molar-refractivity contribution < 1.29 is 13.9 Å². The summed E-state index contributed by atoms with van der Waals surface area (Å²) in [6.07, 6.45) is 0. The lowest BCUT2D eigenvalue weighted by molar-refractivity contribution is 0.0546. The first-order valence-corrected chi connectivity index (χ1v) is 4.72. The van der Waals surface area contributed by atoms with Gasteiger partial charge in [0, 0.05) is 12.1 Å². The Bertz CT molecular complexity index is 364. The van der Waals surface area contributed by atoms with Gasteiger partial charge >= 0.3 is 0 Å². The van der Waals surface area contributed by atoms with E-state index >= 15 is 0 Å². The van der Waals surface area contributed by atoms with Crippen LogP contribution in [0.4, 0.5) is 8.78 Å². The highest BCUT2D eigenvalue weighted by molar-refractivity contribution is 5.29. The molecule has 0 bridgehead atoms. The minimum absolute atomic E-state index is 0.0278. The topological polar surface area (TPSA) is 32.3 Å². The maximum Gasteiger partial charge on any atom is 0.165 e. The van der Waals surface area contributed by atoms with Gasteiger partial charge in [0.1, 0.15) is 5.60 Å². The molecule has 1 atom stereocenters. The number of rotatable bonds is 3. The molecule has 0 spiro atoms. The van der Waals surface area contributed by atoms with Crippen LogP contribution in [-0.2, 0) is 5.60 Å². The Morgan fingerprint density at radius 3 is 2.47 bits per heavy atom. The number of aryl methyl sites for hydroxylation is 1. The maximum atomic E-state index is 13.5. The van der Waals surface area contributed by atoms with Gasteiger partial charge in [0.05, 0.1) is 0 Å². The number of halogens is 2. The van der Waals surface area contributed by atoms with E-state index in [0.717, 1.165) is 0 Å². The molecular weight excluding hydrogens is 200 g/mol. The zero-order valence-electron chi connectivity index (χ0n) is 9.06. The summed E-state index contributed by atoms with van der Waals surface area (Å²) in [5.74, 6) is -1.88. The molecule has 0 fully saturated rings. The van der Waals surface area contributed by atoms with E-state index in [9.17, 15) is 13.9 Å². The molecule has 0 saturated heterocycles. The van der Waals surface area contributed by atoms with Gasteiger partial charge in [-0.3, -0.25) is 0 Å². The summed E-state index contributed by atoms with van der Waals surface area (Å²) in [4.78, 5) is 0. The van der Waals surface area contributed by atoms with Gasteiger partial charge in [-0.1, -0.05) is 12.1 Å². The van der Waals surface area contributed by atoms with Crippen LogP contribution < -0.4 is 5.32 Å². The lowest BCUT2D eigenvalue weighted by Crippen LogP contribution is -2.34. The number of nitrogens with one attached hydrogen (secondary N) is 1. The fraction of sp³-hybridized carbons (Fsp3) is 0.455. The molecule has 0 aliphatic heterocycles. The normalized spacial score (nSPS) is 15.1. The molecule has 0 saturated carbocycles. The molecule has 1 aromatic carbocycles. The first-order chi connectivity index (χ1) is 6.90. The summed E-state index contributed by atoms with van der Waals surface area (Å²) in [5.41, 5.74) is -1.20. The largest absolute Gasteiger partial charge is 0.384 e. The Morgan fingerprint density at radius 1 is 1.33 bits per heavy atom. The van der Waals surface area contributed by atoms with Crippen LogP contribution in [0, 0.1) is 18.6 Å². The molecule has 4 heteroatoms. The van der Waals surface area contributed by atoms with E-state index in [1.165, 1.54) is 26.0 Å². The van der Waals surface area contributed by atoms with Crippen LogP contribution in [0.15, 0.2) is 12.1 Å². The molecule has 84 valence electrons. The lowest BCUT2D eigenvalue weighted by Gasteiger charge is -2.24. The Balaban J connectivity index is 3.21. The number of likely N-dealkylation sites (N-methyl/N-ethyl adjacent to an activating group) is 1. The molecule has 15 heavy (non-hydrogen) atoms. The molecule has 2 N–H and O–H groups in total. The van der Waals surface area contributed by atoms with Gasteiger partial charge in [-0.2, -0.15) is 0 Å². The molecule has 0 aliphatic carbocycles. The molecule has 0 amide bonds.